The minimum absolute atomic E-state index is 0.0344. The SMILES string of the molecule is CCNC(=NCCNC(=O)C(C)C)N1CCC(CN2CCCC2)C1. The number of carbonyl (C=O) groups excluding carboxylic acids is 1. The summed E-state index contributed by atoms with van der Waals surface area (Å²) in [7, 11) is 0. The topological polar surface area (TPSA) is 60.0 Å². The van der Waals surface area contributed by atoms with Gasteiger partial charge in [0.25, 0.3) is 0 Å². The molecule has 24 heavy (non-hydrogen) atoms. The van der Waals surface area contributed by atoms with Gasteiger partial charge in [0.2, 0.25) is 5.91 Å². The number of guanidine groups is 1. The van der Waals surface area contributed by atoms with Crippen molar-refractivity contribution in [3.05, 3.63) is 0 Å². The second-order valence-corrected chi connectivity index (χ2v) is 7.29. The van der Waals surface area contributed by atoms with Crippen molar-refractivity contribution in [1.29, 1.82) is 0 Å². The molecule has 2 aliphatic heterocycles. The van der Waals surface area contributed by atoms with E-state index in [0.29, 0.717) is 13.1 Å². The van der Waals surface area contributed by atoms with Gasteiger partial charge in [-0.25, -0.2) is 0 Å². The number of hydrogen-bond acceptors (Lipinski definition) is 3. The number of carbonyl (C=O) groups is 1. The lowest BCUT2D eigenvalue weighted by atomic mass is 10.1. The number of nitrogens with zero attached hydrogens (tertiary/aromatic N) is 3. The number of hydrogen-bond donors (Lipinski definition) is 2. The van der Waals surface area contributed by atoms with Crippen LogP contribution in [-0.4, -0.2) is 74.0 Å². The number of amides is 1. The molecular weight excluding hydrogens is 302 g/mol. The van der Waals surface area contributed by atoms with Crippen molar-refractivity contribution in [3.63, 3.8) is 0 Å². The molecule has 0 saturated carbocycles. The molecule has 2 N–H and O–H groups in total. The molecule has 0 aromatic heterocycles. The fraction of sp³-hybridized carbons (Fsp3) is 0.889. The largest absolute Gasteiger partial charge is 0.357 e. The van der Waals surface area contributed by atoms with E-state index in [0.717, 1.165) is 31.5 Å². The molecule has 1 amide bonds. The van der Waals surface area contributed by atoms with E-state index >= 15 is 0 Å². The minimum atomic E-state index is 0.0344. The summed E-state index contributed by atoms with van der Waals surface area (Å²) in [6.45, 7) is 14.0. The summed E-state index contributed by atoms with van der Waals surface area (Å²) in [6, 6.07) is 0. The Morgan fingerprint density at radius 1 is 1.21 bits per heavy atom. The third-order valence-electron chi connectivity index (χ3n) is 4.83. The van der Waals surface area contributed by atoms with Gasteiger partial charge in [0.15, 0.2) is 5.96 Å². The van der Waals surface area contributed by atoms with Crippen molar-refractivity contribution in [2.24, 2.45) is 16.8 Å². The minimum Gasteiger partial charge on any atom is -0.357 e. The van der Waals surface area contributed by atoms with Crippen LogP contribution in [0.4, 0.5) is 0 Å². The zero-order valence-electron chi connectivity index (χ0n) is 15.7. The Kier molecular flexibility index (Phi) is 7.82. The van der Waals surface area contributed by atoms with Crippen LogP contribution in [0.15, 0.2) is 4.99 Å². The number of likely N-dealkylation sites (tertiary alicyclic amines) is 2. The summed E-state index contributed by atoms with van der Waals surface area (Å²) in [5, 5.41) is 6.33. The molecule has 2 fully saturated rings. The Morgan fingerprint density at radius 2 is 1.96 bits per heavy atom. The standard InChI is InChI=1S/C18H35N5O/c1-4-19-18(21-9-8-20-17(24)15(2)3)23-12-7-16(14-23)13-22-10-5-6-11-22/h15-16H,4-14H2,1-3H3,(H,19,21)(H,20,24). The average molecular weight is 338 g/mol. The predicted octanol–water partition coefficient (Wildman–Crippen LogP) is 1.14. The third-order valence-corrected chi connectivity index (χ3v) is 4.83. The van der Waals surface area contributed by atoms with Gasteiger partial charge in [0.05, 0.1) is 6.54 Å². The van der Waals surface area contributed by atoms with Crippen LogP contribution < -0.4 is 10.6 Å². The maximum absolute atomic E-state index is 11.6. The molecule has 6 nitrogen and oxygen atoms in total. The lowest BCUT2D eigenvalue weighted by Crippen LogP contribution is -2.41. The van der Waals surface area contributed by atoms with E-state index in [1.54, 1.807) is 0 Å². The van der Waals surface area contributed by atoms with Crippen LogP contribution in [0.3, 0.4) is 0 Å². The van der Waals surface area contributed by atoms with E-state index in [1.807, 2.05) is 13.8 Å². The zero-order valence-corrected chi connectivity index (χ0v) is 15.7. The van der Waals surface area contributed by atoms with Gasteiger partial charge in [-0.1, -0.05) is 13.8 Å². The van der Waals surface area contributed by atoms with Crippen LogP contribution in [0.1, 0.15) is 40.0 Å². The molecule has 2 aliphatic rings. The van der Waals surface area contributed by atoms with Crippen molar-refractivity contribution in [2.75, 3.05) is 52.4 Å². The van der Waals surface area contributed by atoms with Gasteiger partial charge in [-0.15, -0.1) is 0 Å². The van der Waals surface area contributed by atoms with Gasteiger partial charge >= 0.3 is 0 Å². The van der Waals surface area contributed by atoms with Gasteiger partial charge in [-0.05, 0) is 45.2 Å². The van der Waals surface area contributed by atoms with Crippen molar-refractivity contribution in [3.8, 4) is 0 Å². The average Bonchev–Trinajstić information content (AvgIpc) is 3.22. The van der Waals surface area contributed by atoms with Gasteiger partial charge in [0, 0.05) is 38.6 Å². The van der Waals surface area contributed by atoms with E-state index in [4.69, 9.17) is 4.99 Å². The molecule has 1 unspecified atom stereocenters. The smallest absolute Gasteiger partial charge is 0.222 e. The molecule has 0 radical (unpaired) electrons. The first kappa shape index (κ1) is 19.0. The number of nitrogens with one attached hydrogen (secondary N) is 2. The Hall–Kier alpha value is -1.30. The molecule has 138 valence electrons. The summed E-state index contributed by atoms with van der Waals surface area (Å²) in [5.41, 5.74) is 0. The molecule has 1 atom stereocenters. The Balaban J connectivity index is 1.76. The highest BCUT2D eigenvalue weighted by molar-refractivity contribution is 5.80. The molecule has 2 saturated heterocycles. The highest BCUT2D eigenvalue weighted by Gasteiger charge is 2.27. The van der Waals surface area contributed by atoms with Gasteiger partial charge in [-0.2, -0.15) is 0 Å². The lowest BCUT2D eigenvalue weighted by molar-refractivity contribution is -0.123. The van der Waals surface area contributed by atoms with E-state index in [9.17, 15) is 4.79 Å². The second-order valence-electron chi connectivity index (χ2n) is 7.29. The summed E-state index contributed by atoms with van der Waals surface area (Å²) >= 11 is 0. The summed E-state index contributed by atoms with van der Waals surface area (Å²) in [5.74, 6) is 1.89. The molecule has 0 spiro atoms. The maximum atomic E-state index is 11.6. The number of rotatable bonds is 7. The molecule has 0 bridgehead atoms. The van der Waals surface area contributed by atoms with Crippen LogP contribution >= 0.6 is 0 Å². The molecule has 0 aliphatic carbocycles. The van der Waals surface area contributed by atoms with Crippen LogP contribution in [0.25, 0.3) is 0 Å². The monoisotopic (exact) mass is 337 g/mol. The first-order chi connectivity index (χ1) is 11.6. The quantitative estimate of drug-likeness (QED) is 0.416. The van der Waals surface area contributed by atoms with Crippen molar-refractivity contribution in [1.82, 2.24) is 20.4 Å². The second kappa shape index (κ2) is 9.87. The fourth-order valence-electron chi connectivity index (χ4n) is 3.48. The molecule has 0 aromatic rings. The lowest BCUT2D eigenvalue weighted by Gasteiger charge is -2.23. The Morgan fingerprint density at radius 3 is 2.62 bits per heavy atom. The van der Waals surface area contributed by atoms with Gasteiger partial charge in [0.1, 0.15) is 0 Å². The van der Waals surface area contributed by atoms with E-state index < -0.39 is 0 Å². The molecule has 6 heteroatoms. The first-order valence-electron chi connectivity index (χ1n) is 9.63. The fourth-order valence-corrected chi connectivity index (χ4v) is 3.48. The van der Waals surface area contributed by atoms with Crippen molar-refractivity contribution < 1.29 is 4.79 Å². The van der Waals surface area contributed by atoms with E-state index in [2.05, 4.69) is 27.4 Å². The Bertz CT molecular complexity index is 418. The summed E-state index contributed by atoms with van der Waals surface area (Å²) in [4.78, 5) is 21.3. The summed E-state index contributed by atoms with van der Waals surface area (Å²) < 4.78 is 0. The van der Waals surface area contributed by atoms with E-state index in [-0.39, 0.29) is 11.8 Å². The highest BCUT2D eigenvalue weighted by Crippen LogP contribution is 2.19. The normalized spacial score (nSPS) is 22.4. The zero-order chi connectivity index (χ0) is 17.4. The highest BCUT2D eigenvalue weighted by atomic mass is 16.1. The maximum Gasteiger partial charge on any atom is 0.222 e. The van der Waals surface area contributed by atoms with Gasteiger partial charge in [-0.3, -0.25) is 9.79 Å². The van der Waals surface area contributed by atoms with Gasteiger partial charge < -0.3 is 20.4 Å². The first-order valence-corrected chi connectivity index (χ1v) is 9.63. The van der Waals surface area contributed by atoms with Crippen LogP contribution in [-0.2, 0) is 4.79 Å². The predicted molar refractivity (Wildman–Crippen MR) is 99.2 cm³/mol. The van der Waals surface area contributed by atoms with Crippen LogP contribution in [0.2, 0.25) is 0 Å². The molecular formula is C18H35N5O. The molecule has 0 aromatic carbocycles. The van der Waals surface area contributed by atoms with Crippen molar-refractivity contribution >= 4 is 11.9 Å². The molecule has 2 heterocycles. The van der Waals surface area contributed by atoms with E-state index in [1.165, 1.54) is 38.9 Å². The summed E-state index contributed by atoms with van der Waals surface area (Å²) in [6.07, 6.45) is 3.98. The van der Waals surface area contributed by atoms with Crippen molar-refractivity contribution in [2.45, 2.75) is 40.0 Å². The Labute approximate surface area is 147 Å². The third kappa shape index (κ3) is 5.96. The van der Waals surface area contributed by atoms with Crippen LogP contribution in [0, 0.1) is 11.8 Å². The number of aliphatic imine (C=N–C) groups is 1. The molecule has 2 rings (SSSR count). The van der Waals surface area contributed by atoms with Crippen LogP contribution in [0.5, 0.6) is 0 Å².